The van der Waals surface area contributed by atoms with E-state index in [0.717, 1.165) is 5.56 Å². The van der Waals surface area contributed by atoms with Crippen LogP contribution in [0.2, 0.25) is 0 Å². The number of carbonyl (C=O) groups excluding carboxylic acids is 1. The number of sulfone groups is 1. The molecule has 0 radical (unpaired) electrons. The normalized spacial score (nSPS) is 13.2. The van der Waals surface area contributed by atoms with E-state index in [4.69, 9.17) is 5.84 Å². The quantitative estimate of drug-likeness (QED) is 0.411. The first kappa shape index (κ1) is 16.6. The Morgan fingerprint density at radius 3 is 2.45 bits per heavy atom. The summed E-state index contributed by atoms with van der Waals surface area (Å²) in [6.45, 7) is 0.780. The van der Waals surface area contributed by atoms with E-state index in [2.05, 4.69) is 5.43 Å². The van der Waals surface area contributed by atoms with Gasteiger partial charge in [-0.15, -0.1) is 0 Å². The summed E-state index contributed by atoms with van der Waals surface area (Å²) in [7, 11) is -1.23. The minimum atomic E-state index is -3.01. The fourth-order valence-corrected chi connectivity index (χ4v) is 2.49. The maximum Gasteiger partial charge on any atom is 0.242 e. The van der Waals surface area contributed by atoms with Crippen LogP contribution in [0, 0.1) is 0 Å². The van der Waals surface area contributed by atoms with Gasteiger partial charge in [-0.25, -0.2) is 14.3 Å². The van der Waals surface area contributed by atoms with E-state index in [9.17, 15) is 13.2 Å². The Hall–Kier alpha value is -1.44. The molecular weight excluding hydrogens is 278 g/mol. The van der Waals surface area contributed by atoms with Crippen LogP contribution in [0.4, 0.5) is 0 Å². The van der Waals surface area contributed by atoms with Gasteiger partial charge in [-0.05, 0) is 12.6 Å². The molecule has 0 aliphatic rings. The predicted octanol–water partition coefficient (Wildman–Crippen LogP) is -0.263. The maximum absolute atomic E-state index is 11.9. The Balaban J connectivity index is 2.74. The molecule has 0 spiro atoms. The number of hydrogen-bond acceptors (Lipinski definition) is 5. The van der Waals surface area contributed by atoms with Crippen LogP contribution in [0.5, 0.6) is 0 Å². The van der Waals surface area contributed by atoms with Crippen LogP contribution in [0.15, 0.2) is 30.3 Å². The van der Waals surface area contributed by atoms with Gasteiger partial charge in [0.2, 0.25) is 5.91 Å². The second-order valence-corrected chi connectivity index (χ2v) is 7.12. The molecule has 0 aliphatic heterocycles. The van der Waals surface area contributed by atoms with E-state index >= 15 is 0 Å². The fourth-order valence-electron chi connectivity index (χ4n) is 1.85. The lowest BCUT2D eigenvalue weighted by molar-refractivity contribution is -0.123. The summed E-state index contributed by atoms with van der Waals surface area (Å²) in [6.07, 6.45) is 1.20. The first-order chi connectivity index (χ1) is 9.33. The first-order valence-corrected chi connectivity index (χ1v) is 8.31. The van der Waals surface area contributed by atoms with Crippen molar-refractivity contribution in [2.45, 2.75) is 5.92 Å². The molecule has 0 saturated heterocycles. The number of nitrogens with two attached hydrogens (primary N) is 1. The second-order valence-electron chi connectivity index (χ2n) is 4.86. The molecule has 112 valence electrons. The van der Waals surface area contributed by atoms with Gasteiger partial charge in [-0.1, -0.05) is 30.3 Å². The van der Waals surface area contributed by atoms with Gasteiger partial charge in [0, 0.05) is 19.3 Å². The summed E-state index contributed by atoms with van der Waals surface area (Å²) in [5.41, 5.74) is 3.01. The second kappa shape index (κ2) is 7.37. The standard InChI is InChI=1S/C13H21N3O3S/c1-16(8-9-20(2,18)19)10-12(13(17)15-14)11-6-4-3-5-7-11/h3-7,12H,8-10,14H2,1-2H3,(H,15,17). The summed E-state index contributed by atoms with van der Waals surface area (Å²) in [5.74, 6) is 4.57. The van der Waals surface area contributed by atoms with Gasteiger partial charge < -0.3 is 4.90 Å². The largest absolute Gasteiger partial charge is 0.304 e. The van der Waals surface area contributed by atoms with Crippen LogP contribution in [0.3, 0.4) is 0 Å². The summed E-state index contributed by atoms with van der Waals surface area (Å²) in [4.78, 5) is 13.7. The van der Waals surface area contributed by atoms with Gasteiger partial charge in [0.15, 0.2) is 0 Å². The zero-order valence-electron chi connectivity index (χ0n) is 11.7. The number of carbonyl (C=O) groups is 1. The number of hydrogen-bond donors (Lipinski definition) is 2. The van der Waals surface area contributed by atoms with Gasteiger partial charge in [0.1, 0.15) is 9.84 Å². The van der Waals surface area contributed by atoms with Crippen LogP contribution in [-0.4, -0.2) is 51.4 Å². The van der Waals surface area contributed by atoms with Gasteiger partial charge >= 0.3 is 0 Å². The number of rotatable bonds is 7. The zero-order chi connectivity index (χ0) is 15.2. The van der Waals surface area contributed by atoms with Crippen molar-refractivity contribution in [3.8, 4) is 0 Å². The number of nitrogens with one attached hydrogen (secondary N) is 1. The van der Waals surface area contributed by atoms with Crippen molar-refractivity contribution in [1.82, 2.24) is 10.3 Å². The number of hydrazine groups is 1. The van der Waals surface area contributed by atoms with Crippen LogP contribution in [0.1, 0.15) is 11.5 Å². The van der Waals surface area contributed by atoms with Gasteiger partial charge in [-0.2, -0.15) is 0 Å². The van der Waals surface area contributed by atoms with Crippen LogP contribution >= 0.6 is 0 Å². The lowest BCUT2D eigenvalue weighted by Gasteiger charge is -2.23. The smallest absolute Gasteiger partial charge is 0.242 e. The highest BCUT2D eigenvalue weighted by Gasteiger charge is 2.21. The molecule has 1 rings (SSSR count). The highest BCUT2D eigenvalue weighted by molar-refractivity contribution is 7.90. The van der Waals surface area contributed by atoms with Crippen molar-refractivity contribution in [1.29, 1.82) is 0 Å². The molecular formula is C13H21N3O3S. The molecule has 20 heavy (non-hydrogen) atoms. The average Bonchev–Trinajstić information content (AvgIpc) is 2.42. The molecule has 0 aromatic heterocycles. The molecule has 7 heteroatoms. The minimum absolute atomic E-state index is 0.0647. The molecule has 1 amide bonds. The molecule has 0 fully saturated rings. The van der Waals surface area contributed by atoms with Gasteiger partial charge in [-0.3, -0.25) is 10.2 Å². The Labute approximate surface area is 119 Å². The van der Waals surface area contributed by atoms with Crippen molar-refractivity contribution < 1.29 is 13.2 Å². The van der Waals surface area contributed by atoms with Gasteiger partial charge in [0.25, 0.3) is 0 Å². The number of likely N-dealkylation sites (N-methyl/N-ethyl adjacent to an activating group) is 1. The topological polar surface area (TPSA) is 92.5 Å². The fraction of sp³-hybridized carbons (Fsp3) is 0.462. The van der Waals surface area contributed by atoms with Crippen molar-refractivity contribution in [2.75, 3.05) is 32.1 Å². The van der Waals surface area contributed by atoms with Crippen LogP contribution in [-0.2, 0) is 14.6 Å². The van der Waals surface area contributed by atoms with Crippen molar-refractivity contribution in [3.63, 3.8) is 0 Å². The van der Waals surface area contributed by atoms with Gasteiger partial charge in [0.05, 0.1) is 11.7 Å². The summed E-state index contributed by atoms with van der Waals surface area (Å²) < 4.78 is 22.3. The lowest BCUT2D eigenvalue weighted by Crippen LogP contribution is -2.40. The molecule has 1 aromatic rings. The summed E-state index contributed by atoms with van der Waals surface area (Å²) >= 11 is 0. The molecule has 1 unspecified atom stereocenters. The van der Waals surface area contributed by atoms with E-state index < -0.39 is 15.8 Å². The SMILES string of the molecule is CN(CCS(C)(=O)=O)CC(C(=O)NN)c1ccccc1. The Morgan fingerprint density at radius 1 is 1.35 bits per heavy atom. The molecule has 0 heterocycles. The van der Waals surface area contributed by atoms with Crippen LogP contribution < -0.4 is 11.3 Å². The number of nitrogens with zero attached hydrogens (tertiary/aromatic N) is 1. The minimum Gasteiger partial charge on any atom is -0.304 e. The molecule has 0 saturated carbocycles. The lowest BCUT2D eigenvalue weighted by atomic mass is 9.98. The van der Waals surface area contributed by atoms with E-state index in [-0.39, 0.29) is 11.7 Å². The molecule has 1 aromatic carbocycles. The predicted molar refractivity (Wildman–Crippen MR) is 78.7 cm³/mol. The number of benzene rings is 1. The Bertz CT molecular complexity index is 531. The highest BCUT2D eigenvalue weighted by atomic mass is 32.2. The van der Waals surface area contributed by atoms with Crippen molar-refractivity contribution >= 4 is 15.7 Å². The van der Waals surface area contributed by atoms with E-state index in [1.54, 1.807) is 7.05 Å². The third-order valence-corrected chi connectivity index (χ3v) is 3.92. The zero-order valence-corrected chi connectivity index (χ0v) is 12.6. The first-order valence-electron chi connectivity index (χ1n) is 6.25. The Morgan fingerprint density at radius 2 is 1.95 bits per heavy atom. The molecule has 6 nitrogen and oxygen atoms in total. The van der Waals surface area contributed by atoms with E-state index in [1.807, 2.05) is 35.2 Å². The van der Waals surface area contributed by atoms with E-state index in [0.29, 0.717) is 13.1 Å². The summed E-state index contributed by atoms with van der Waals surface area (Å²) in [6, 6.07) is 9.27. The maximum atomic E-state index is 11.9. The molecule has 0 bridgehead atoms. The third kappa shape index (κ3) is 5.68. The summed E-state index contributed by atoms with van der Waals surface area (Å²) in [5, 5.41) is 0. The third-order valence-electron chi connectivity index (χ3n) is 3.00. The van der Waals surface area contributed by atoms with Crippen molar-refractivity contribution in [2.24, 2.45) is 5.84 Å². The molecule has 3 N–H and O–H groups in total. The monoisotopic (exact) mass is 299 g/mol. The van der Waals surface area contributed by atoms with Crippen molar-refractivity contribution in [3.05, 3.63) is 35.9 Å². The number of amides is 1. The Kier molecular flexibility index (Phi) is 6.12. The molecule has 0 aliphatic carbocycles. The average molecular weight is 299 g/mol. The molecule has 1 atom stereocenters. The van der Waals surface area contributed by atoms with E-state index in [1.165, 1.54) is 6.26 Å². The van der Waals surface area contributed by atoms with Crippen LogP contribution in [0.25, 0.3) is 0 Å². The highest BCUT2D eigenvalue weighted by Crippen LogP contribution is 2.16.